The number of amides is 1. The summed E-state index contributed by atoms with van der Waals surface area (Å²) >= 11 is 0. The van der Waals surface area contributed by atoms with Crippen molar-refractivity contribution in [3.63, 3.8) is 0 Å². The number of nitrogen functional groups attached to an aromatic ring is 1. The molecule has 168 valence electrons. The maximum atomic E-state index is 11.8. The van der Waals surface area contributed by atoms with Crippen molar-refractivity contribution >= 4 is 28.4 Å². The smallest absolute Gasteiger partial charge is 0.228 e. The number of allylic oxidation sites excluding steroid dienone is 5. The van der Waals surface area contributed by atoms with Crippen molar-refractivity contribution in [2.75, 3.05) is 17.7 Å². The number of hydrogen-bond acceptors (Lipinski definition) is 4. The Kier molecular flexibility index (Phi) is 4.93. The molecule has 0 bridgehead atoms. The summed E-state index contributed by atoms with van der Waals surface area (Å²) in [6.45, 7) is -0.0507. The molecule has 34 heavy (non-hydrogen) atoms. The van der Waals surface area contributed by atoms with Crippen molar-refractivity contribution in [2.24, 2.45) is 5.92 Å². The minimum Gasteiger partial charge on any atom is -0.399 e. The van der Waals surface area contributed by atoms with Gasteiger partial charge in [0.25, 0.3) is 0 Å². The lowest BCUT2D eigenvalue weighted by Gasteiger charge is -2.18. The third-order valence-corrected chi connectivity index (χ3v) is 7.00. The van der Waals surface area contributed by atoms with Crippen LogP contribution in [0.25, 0.3) is 11.1 Å². The molecule has 0 fully saturated rings. The summed E-state index contributed by atoms with van der Waals surface area (Å²) in [6.07, 6.45) is 11.8. The Morgan fingerprint density at radius 1 is 1.12 bits per heavy atom. The van der Waals surface area contributed by atoms with Crippen molar-refractivity contribution in [2.45, 2.75) is 18.8 Å². The van der Waals surface area contributed by atoms with Gasteiger partial charge in [-0.05, 0) is 64.1 Å². The number of aliphatic hydroxyl groups is 1. The highest BCUT2D eigenvalue weighted by atomic mass is 16.3. The molecule has 0 saturated heterocycles. The van der Waals surface area contributed by atoms with E-state index in [0.717, 1.165) is 51.3 Å². The van der Waals surface area contributed by atoms with E-state index in [9.17, 15) is 9.90 Å². The van der Waals surface area contributed by atoms with Crippen LogP contribution in [0.2, 0.25) is 0 Å². The Morgan fingerprint density at radius 2 is 1.97 bits per heavy atom. The van der Waals surface area contributed by atoms with Gasteiger partial charge < -0.3 is 16.2 Å². The molecule has 5 nitrogen and oxygen atoms in total. The van der Waals surface area contributed by atoms with E-state index in [-0.39, 0.29) is 24.3 Å². The Hall–Kier alpha value is -3.96. The monoisotopic (exact) mass is 447 g/mol. The highest BCUT2D eigenvalue weighted by molar-refractivity contribution is 5.99. The fourth-order valence-electron chi connectivity index (χ4n) is 5.28. The Balaban J connectivity index is 1.33. The average Bonchev–Trinajstić information content (AvgIpc) is 3.55. The van der Waals surface area contributed by atoms with Gasteiger partial charge in [0.15, 0.2) is 0 Å². The number of benzene rings is 2. The molecular weight excluding hydrogens is 422 g/mol. The molecule has 0 spiro atoms. The first-order valence-corrected chi connectivity index (χ1v) is 11.6. The van der Waals surface area contributed by atoms with E-state index in [1.807, 2.05) is 24.4 Å². The van der Waals surface area contributed by atoms with Crippen LogP contribution < -0.4 is 11.1 Å². The molecule has 0 radical (unpaired) electrons. The van der Waals surface area contributed by atoms with Crippen LogP contribution in [-0.4, -0.2) is 22.6 Å². The van der Waals surface area contributed by atoms with Gasteiger partial charge in [-0.15, -0.1) is 0 Å². The topological polar surface area (TPSA) is 88.2 Å². The largest absolute Gasteiger partial charge is 0.399 e. The normalized spacial score (nSPS) is 20.1. The molecule has 1 aliphatic heterocycles. The number of nitrogens with zero attached hydrogens (tertiary/aromatic N) is 1. The number of hydrogen-bond donors (Lipinski definition) is 3. The minimum atomic E-state index is -0.0507. The number of aliphatic hydroxyl groups excluding tert-OH is 1. The molecule has 2 unspecified atom stereocenters. The molecule has 3 aromatic rings. The number of nitrogens with one attached hydrogen (secondary N) is 1. The number of nitrogens with two attached hydrogens (primary N) is 1. The molecule has 2 aliphatic carbocycles. The average molecular weight is 448 g/mol. The highest BCUT2D eigenvalue weighted by Crippen LogP contribution is 2.42. The lowest BCUT2D eigenvalue weighted by atomic mass is 9.87. The quantitative estimate of drug-likeness (QED) is 0.503. The summed E-state index contributed by atoms with van der Waals surface area (Å²) in [5.41, 5.74) is 16.0. The van der Waals surface area contributed by atoms with E-state index in [0.29, 0.717) is 6.42 Å². The second kappa shape index (κ2) is 8.12. The molecule has 6 rings (SSSR count). The first-order valence-electron chi connectivity index (χ1n) is 11.6. The van der Waals surface area contributed by atoms with Gasteiger partial charge in [0.05, 0.1) is 18.7 Å². The lowest BCUT2D eigenvalue weighted by molar-refractivity contribution is -0.115. The Labute approximate surface area is 198 Å². The summed E-state index contributed by atoms with van der Waals surface area (Å²) in [4.78, 5) is 16.6. The van der Waals surface area contributed by atoms with Crippen LogP contribution in [0, 0.1) is 5.92 Å². The van der Waals surface area contributed by atoms with Gasteiger partial charge >= 0.3 is 0 Å². The first-order chi connectivity index (χ1) is 16.6. The number of pyridine rings is 1. The van der Waals surface area contributed by atoms with E-state index in [2.05, 4.69) is 60.0 Å². The summed E-state index contributed by atoms with van der Waals surface area (Å²) in [6, 6.07) is 16.4. The number of aromatic nitrogens is 1. The van der Waals surface area contributed by atoms with Crippen molar-refractivity contribution in [1.29, 1.82) is 0 Å². The summed E-state index contributed by atoms with van der Waals surface area (Å²) in [5.74, 6) is 0.295. The maximum Gasteiger partial charge on any atom is 0.228 e. The van der Waals surface area contributed by atoms with Crippen LogP contribution in [0.4, 0.5) is 11.4 Å². The Bertz CT molecular complexity index is 1400. The Morgan fingerprint density at radius 3 is 2.79 bits per heavy atom. The molecule has 3 aliphatic rings. The molecule has 2 aromatic carbocycles. The van der Waals surface area contributed by atoms with Crippen molar-refractivity contribution in [3.05, 3.63) is 113 Å². The van der Waals surface area contributed by atoms with Crippen molar-refractivity contribution in [3.8, 4) is 0 Å². The van der Waals surface area contributed by atoms with Crippen LogP contribution >= 0.6 is 0 Å². The summed E-state index contributed by atoms with van der Waals surface area (Å²) in [7, 11) is 0. The molecule has 2 heterocycles. The summed E-state index contributed by atoms with van der Waals surface area (Å²) < 4.78 is 0. The van der Waals surface area contributed by atoms with E-state index in [1.165, 1.54) is 11.1 Å². The van der Waals surface area contributed by atoms with Crippen LogP contribution in [0.15, 0.2) is 79.0 Å². The molecule has 1 amide bonds. The molecule has 4 N–H and O–H groups in total. The van der Waals surface area contributed by atoms with E-state index < -0.39 is 0 Å². The van der Waals surface area contributed by atoms with Gasteiger partial charge in [0.2, 0.25) is 5.91 Å². The molecule has 2 atom stereocenters. The third kappa shape index (κ3) is 3.55. The van der Waals surface area contributed by atoms with E-state index in [1.54, 1.807) is 0 Å². The second-order valence-corrected chi connectivity index (χ2v) is 9.19. The SMILES string of the molecule is Nc1ccc(CC2C=CC=C2c2cnc3c(c2)C(c2ccc4c(c2)CC(=O)N4)C=C3CO)cc1. The molecule has 5 heteroatoms. The van der Waals surface area contributed by atoms with Gasteiger partial charge in [0.1, 0.15) is 0 Å². The summed E-state index contributed by atoms with van der Waals surface area (Å²) in [5, 5.41) is 12.9. The van der Waals surface area contributed by atoms with Crippen LogP contribution in [0.5, 0.6) is 0 Å². The minimum absolute atomic E-state index is 0.00360. The lowest BCUT2D eigenvalue weighted by Crippen LogP contribution is -2.05. The van der Waals surface area contributed by atoms with Crippen molar-refractivity contribution < 1.29 is 9.90 Å². The number of carbonyl (C=O) groups excluding carboxylic acids is 1. The van der Waals surface area contributed by atoms with Crippen LogP contribution in [-0.2, 0) is 17.6 Å². The predicted octanol–water partition coefficient (Wildman–Crippen LogP) is 4.49. The van der Waals surface area contributed by atoms with Crippen molar-refractivity contribution in [1.82, 2.24) is 4.98 Å². The number of anilines is 2. The zero-order valence-corrected chi connectivity index (χ0v) is 18.7. The number of rotatable bonds is 5. The van der Waals surface area contributed by atoms with E-state index >= 15 is 0 Å². The van der Waals surface area contributed by atoms with Crippen LogP contribution in [0.3, 0.4) is 0 Å². The van der Waals surface area contributed by atoms with Gasteiger partial charge in [-0.25, -0.2) is 0 Å². The standard InChI is InChI=1S/C29H25N3O2/c30-23-7-4-17(5-8-23)10-18-2-1-3-24(18)21-12-26-25(13-22(16-33)29(26)31-15-21)19-6-9-27-20(11-19)14-28(34)32-27/h1-9,11-13,15,18,25,33H,10,14,16,30H2,(H,32,34). The van der Waals surface area contributed by atoms with Gasteiger partial charge in [-0.1, -0.05) is 48.6 Å². The van der Waals surface area contributed by atoms with Crippen LogP contribution in [0.1, 0.15) is 39.4 Å². The van der Waals surface area contributed by atoms with Gasteiger partial charge in [-0.2, -0.15) is 0 Å². The maximum absolute atomic E-state index is 11.8. The zero-order chi connectivity index (χ0) is 23.2. The molecular formula is C29H25N3O2. The third-order valence-electron chi connectivity index (χ3n) is 7.00. The predicted molar refractivity (Wildman–Crippen MR) is 135 cm³/mol. The number of fused-ring (bicyclic) bond motifs is 2. The van der Waals surface area contributed by atoms with Gasteiger partial charge in [0, 0.05) is 35.0 Å². The molecule has 0 saturated carbocycles. The van der Waals surface area contributed by atoms with E-state index in [4.69, 9.17) is 10.7 Å². The second-order valence-electron chi connectivity index (χ2n) is 9.19. The first kappa shape index (κ1) is 20.6. The van der Waals surface area contributed by atoms with Gasteiger partial charge in [-0.3, -0.25) is 9.78 Å². The zero-order valence-electron chi connectivity index (χ0n) is 18.7. The fraction of sp³-hybridized carbons (Fsp3) is 0.172. The highest BCUT2D eigenvalue weighted by Gasteiger charge is 2.29. The number of carbonyl (C=O) groups is 1. The fourth-order valence-corrected chi connectivity index (χ4v) is 5.28. The molecule has 1 aromatic heterocycles.